The summed E-state index contributed by atoms with van der Waals surface area (Å²) in [6.07, 6.45) is 7.29. The molecule has 1 saturated heterocycles. The summed E-state index contributed by atoms with van der Waals surface area (Å²) >= 11 is 0. The maximum Gasteiger partial charge on any atom is 0.192 e. The maximum absolute atomic E-state index is 5.41. The number of guanidine groups is 1. The van der Waals surface area contributed by atoms with Gasteiger partial charge in [0.05, 0.1) is 7.11 Å². The SMILES string of the molecule is COc1cccc(N2CCCC(NC(=NCc3nnc(C)n3C)NC3CCCC3)C2)c1. The van der Waals surface area contributed by atoms with Gasteiger partial charge in [-0.1, -0.05) is 18.9 Å². The smallest absolute Gasteiger partial charge is 0.192 e. The molecule has 0 bridgehead atoms. The Morgan fingerprint density at radius 3 is 2.65 bits per heavy atom. The second kappa shape index (κ2) is 10.0. The van der Waals surface area contributed by atoms with Crippen molar-refractivity contribution >= 4 is 11.6 Å². The zero-order valence-electron chi connectivity index (χ0n) is 19.0. The van der Waals surface area contributed by atoms with E-state index in [4.69, 9.17) is 9.73 Å². The van der Waals surface area contributed by atoms with Crippen LogP contribution < -0.4 is 20.3 Å². The Morgan fingerprint density at radius 1 is 1.13 bits per heavy atom. The van der Waals surface area contributed by atoms with Crippen LogP contribution in [0.15, 0.2) is 29.3 Å². The molecule has 1 atom stereocenters. The fraction of sp³-hybridized carbons (Fsp3) is 0.609. The third-order valence-corrected chi connectivity index (χ3v) is 6.44. The van der Waals surface area contributed by atoms with E-state index in [1.54, 1.807) is 7.11 Å². The molecule has 168 valence electrons. The van der Waals surface area contributed by atoms with Crippen LogP contribution in [-0.4, -0.2) is 53.0 Å². The van der Waals surface area contributed by atoms with Crippen LogP contribution in [0.5, 0.6) is 5.75 Å². The monoisotopic (exact) mass is 425 g/mol. The van der Waals surface area contributed by atoms with Crippen molar-refractivity contribution in [2.24, 2.45) is 12.0 Å². The predicted octanol–water partition coefficient (Wildman–Crippen LogP) is 2.78. The number of nitrogens with zero attached hydrogens (tertiary/aromatic N) is 5. The minimum absolute atomic E-state index is 0.342. The molecule has 1 unspecified atom stereocenters. The molecular formula is C23H35N7O. The number of benzene rings is 1. The minimum Gasteiger partial charge on any atom is -0.497 e. The molecule has 2 aromatic rings. The van der Waals surface area contributed by atoms with Crippen LogP contribution in [0.2, 0.25) is 0 Å². The molecule has 1 aromatic carbocycles. The number of hydrogen-bond donors (Lipinski definition) is 2. The highest BCUT2D eigenvalue weighted by atomic mass is 16.5. The van der Waals surface area contributed by atoms with Crippen molar-refractivity contribution in [3.05, 3.63) is 35.9 Å². The van der Waals surface area contributed by atoms with Crippen LogP contribution in [0.3, 0.4) is 0 Å². The van der Waals surface area contributed by atoms with Gasteiger partial charge < -0.3 is 24.8 Å². The van der Waals surface area contributed by atoms with Crippen molar-refractivity contribution in [2.75, 3.05) is 25.1 Å². The molecule has 1 aliphatic carbocycles. The Morgan fingerprint density at radius 2 is 1.90 bits per heavy atom. The molecule has 2 N–H and O–H groups in total. The van der Waals surface area contributed by atoms with E-state index in [0.717, 1.165) is 49.3 Å². The van der Waals surface area contributed by atoms with E-state index >= 15 is 0 Å². The van der Waals surface area contributed by atoms with E-state index in [1.165, 1.54) is 31.4 Å². The summed E-state index contributed by atoms with van der Waals surface area (Å²) in [6.45, 7) is 4.49. The number of aliphatic imine (C=N–C) groups is 1. The lowest BCUT2D eigenvalue weighted by Crippen LogP contribution is -2.52. The average molecular weight is 426 g/mol. The van der Waals surface area contributed by atoms with Crippen molar-refractivity contribution in [1.29, 1.82) is 0 Å². The molecule has 4 rings (SSSR count). The first-order valence-electron chi connectivity index (χ1n) is 11.4. The number of piperidine rings is 1. The highest BCUT2D eigenvalue weighted by Crippen LogP contribution is 2.24. The highest BCUT2D eigenvalue weighted by Gasteiger charge is 2.23. The largest absolute Gasteiger partial charge is 0.497 e. The third-order valence-electron chi connectivity index (χ3n) is 6.44. The average Bonchev–Trinajstić information content (AvgIpc) is 3.42. The molecule has 1 aliphatic heterocycles. The quantitative estimate of drug-likeness (QED) is 0.547. The van der Waals surface area contributed by atoms with E-state index in [1.807, 2.05) is 24.6 Å². The number of anilines is 1. The lowest BCUT2D eigenvalue weighted by molar-refractivity contribution is 0.414. The van der Waals surface area contributed by atoms with Crippen LogP contribution in [-0.2, 0) is 13.6 Å². The van der Waals surface area contributed by atoms with Gasteiger partial charge in [0, 0.05) is 44.0 Å². The Labute approximate surface area is 185 Å². The fourth-order valence-corrected chi connectivity index (χ4v) is 4.46. The summed E-state index contributed by atoms with van der Waals surface area (Å²) in [5, 5.41) is 15.8. The number of ether oxygens (including phenoxy) is 1. The van der Waals surface area contributed by atoms with E-state index in [-0.39, 0.29) is 0 Å². The van der Waals surface area contributed by atoms with Crippen LogP contribution in [0.4, 0.5) is 5.69 Å². The molecule has 2 heterocycles. The van der Waals surface area contributed by atoms with Gasteiger partial charge in [0.15, 0.2) is 11.8 Å². The first-order valence-corrected chi connectivity index (χ1v) is 11.4. The van der Waals surface area contributed by atoms with E-state index in [9.17, 15) is 0 Å². The van der Waals surface area contributed by atoms with Crippen molar-refractivity contribution in [1.82, 2.24) is 25.4 Å². The second-order valence-corrected chi connectivity index (χ2v) is 8.64. The molecule has 0 radical (unpaired) electrons. The summed E-state index contributed by atoms with van der Waals surface area (Å²) in [5.74, 6) is 3.58. The molecule has 8 nitrogen and oxygen atoms in total. The fourth-order valence-electron chi connectivity index (χ4n) is 4.46. The van der Waals surface area contributed by atoms with Gasteiger partial charge >= 0.3 is 0 Å². The molecule has 2 aliphatic rings. The third kappa shape index (κ3) is 5.48. The Hall–Kier alpha value is -2.77. The number of hydrogen-bond acceptors (Lipinski definition) is 5. The first-order chi connectivity index (χ1) is 15.1. The summed E-state index contributed by atoms with van der Waals surface area (Å²) in [4.78, 5) is 7.32. The predicted molar refractivity (Wildman–Crippen MR) is 124 cm³/mol. The van der Waals surface area contributed by atoms with Crippen LogP contribution in [0.25, 0.3) is 0 Å². The molecule has 1 aromatic heterocycles. The number of methoxy groups -OCH3 is 1. The lowest BCUT2D eigenvalue weighted by Gasteiger charge is -2.36. The van der Waals surface area contributed by atoms with Gasteiger partial charge in [-0.15, -0.1) is 10.2 Å². The molecular weight excluding hydrogens is 390 g/mol. The normalized spacial score (nSPS) is 20.2. The summed E-state index contributed by atoms with van der Waals surface area (Å²) in [7, 11) is 3.71. The van der Waals surface area contributed by atoms with Gasteiger partial charge in [-0.2, -0.15) is 0 Å². The van der Waals surface area contributed by atoms with Gasteiger partial charge in [-0.25, -0.2) is 4.99 Å². The summed E-state index contributed by atoms with van der Waals surface area (Å²) in [6, 6.07) is 9.17. The topological polar surface area (TPSA) is 79.6 Å². The van der Waals surface area contributed by atoms with Crippen LogP contribution >= 0.6 is 0 Å². The molecule has 8 heteroatoms. The van der Waals surface area contributed by atoms with Crippen molar-refractivity contribution in [2.45, 2.75) is 64.1 Å². The Bertz CT molecular complexity index is 888. The van der Waals surface area contributed by atoms with Gasteiger partial charge in [-0.05, 0) is 44.7 Å². The summed E-state index contributed by atoms with van der Waals surface area (Å²) < 4.78 is 7.41. The Balaban J connectivity index is 1.44. The number of aryl methyl sites for hydroxylation is 1. The van der Waals surface area contributed by atoms with E-state index < -0.39 is 0 Å². The van der Waals surface area contributed by atoms with E-state index in [0.29, 0.717) is 18.6 Å². The van der Waals surface area contributed by atoms with Gasteiger partial charge in [-0.3, -0.25) is 0 Å². The van der Waals surface area contributed by atoms with Crippen molar-refractivity contribution in [3.63, 3.8) is 0 Å². The standard InChI is InChI=1S/C23H35N7O/c1-17-27-28-22(29(17)2)15-24-23(25-18-8-4-5-9-18)26-19-10-7-13-30(16-19)20-11-6-12-21(14-20)31-3/h6,11-12,14,18-19H,4-5,7-10,13,15-16H2,1-3H3,(H2,24,25,26). The molecule has 0 spiro atoms. The van der Waals surface area contributed by atoms with Crippen LogP contribution in [0.1, 0.15) is 50.2 Å². The summed E-state index contributed by atoms with van der Waals surface area (Å²) in [5.41, 5.74) is 1.21. The first kappa shape index (κ1) is 21.5. The number of aromatic nitrogens is 3. The van der Waals surface area contributed by atoms with Crippen molar-refractivity contribution < 1.29 is 4.74 Å². The number of nitrogens with one attached hydrogen (secondary N) is 2. The Kier molecular flexibility index (Phi) is 6.94. The van der Waals surface area contributed by atoms with Gasteiger partial charge in [0.25, 0.3) is 0 Å². The van der Waals surface area contributed by atoms with Gasteiger partial charge in [0.2, 0.25) is 0 Å². The molecule has 0 amide bonds. The zero-order chi connectivity index (χ0) is 21.6. The van der Waals surface area contributed by atoms with E-state index in [2.05, 4.69) is 43.9 Å². The maximum atomic E-state index is 5.41. The minimum atomic E-state index is 0.342. The van der Waals surface area contributed by atoms with Crippen LogP contribution in [0, 0.1) is 6.92 Å². The highest BCUT2D eigenvalue weighted by molar-refractivity contribution is 5.80. The second-order valence-electron chi connectivity index (χ2n) is 8.64. The molecule has 31 heavy (non-hydrogen) atoms. The number of rotatable bonds is 6. The molecule has 2 fully saturated rings. The van der Waals surface area contributed by atoms with Gasteiger partial charge in [0.1, 0.15) is 18.1 Å². The molecule has 1 saturated carbocycles. The van der Waals surface area contributed by atoms with Crippen molar-refractivity contribution in [3.8, 4) is 5.75 Å². The lowest BCUT2D eigenvalue weighted by atomic mass is 10.0. The zero-order valence-corrected chi connectivity index (χ0v) is 19.0.